The molecule has 112 valence electrons. The molecule has 0 aliphatic carbocycles. The Bertz CT molecular complexity index is 573. The molecule has 0 radical (unpaired) electrons. The van der Waals surface area contributed by atoms with Gasteiger partial charge in [-0.25, -0.2) is 8.42 Å². The fraction of sp³-hybridized carbons (Fsp3) is 0.417. The Morgan fingerprint density at radius 3 is 2.70 bits per heavy atom. The molecular formula is C12H16ClNO5S. The van der Waals surface area contributed by atoms with Crippen molar-refractivity contribution in [3.05, 3.63) is 23.2 Å². The van der Waals surface area contributed by atoms with Crippen LogP contribution in [0.1, 0.15) is 19.8 Å². The van der Waals surface area contributed by atoms with Crippen molar-refractivity contribution in [2.24, 2.45) is 0 Å². The first-order valence-electron chi connectivity index (χ1n) is 5.98. The van der Waals surface area contributed by atoms with Crippen LogP contribution in [0.5, 0.6) is 5.75 Å². The number of carboxylic acid groups (broad SMARTS) is 1. The third-order valence-corrected chi connectivity index (χ3v) is 3.84. The molecule has 0 heterocycles. The number of halogens is 1. The quantitative estimate of drug-likeness (QED) is 0.766. The van der Waals surface area contributed by atoms with Gasteiger partial charge in [0, 0.05) is 0 Å². The highest BCUT2D eigenvalue weighted by Gasteiger charge is 2.13. The van der Waals surface area contributed by atoms with Crippen molar-refractivity contribution >= 4 is 33.3 Å². The van der Waals surface area contributed by atoms with Crippen LogP contribution in [0, 0.1) is 0 Å². The van der Waals surface area contributed by atoms with E-state index in [0.717, 1.165) is 6.42 Å². The van der Waals surface area contributed by atoms with Crippen molar-refractivity contribution in [1.29, 1.82) is 0 Å². The summed E-state index contributed by atoms with van der Waals surface area (Å²) in [5.74, 6) is -1.19. The van der Waals surface area contributed by atoms with Crippen LogP contribution in [0.15, 0.2) is 18.2 Å². The molecule has 0 saturated heterocycles. The lowest BCUT2D eigenvalue weighted by Gasteiger charge is -2.10. The zero-order chi connectivity index (χ0) is 15.2. The molecule has 0 atom stereocenters. The number of sulfonamides is 1. The van der Waals surface area contributed by atoms with E-state index >= 15 is 0 Å². The Morgan fingerprint density at radius 1 is 1.45 bits per heavy atom. The van der Waals surface area contributed by atoms with Crippen LogP contribution in [0.4, 0.5) is 5.69 Å². The standard InChI is InChI=1S/C12H16ClNO5S/c1-2-6-19-11-4-3-9(8-10(11)13)14-20(17,18)7-5-12(15)16/h3-4,8,14H,2,5-7H2,1H3,(H,15,16). The van der Waals surface area contributed by atoms with Crippen molar-refractivity contribution in [2.75, 3.05) is 17.1 Å². The molecule has 6 nitrogen and oxygen atoms in total. The third kappa shape index (κ3) is 5.66. The Balaban J connectivity index is 2.73. The highest BCUT2D eigenvalue weighted by Crippen LogP contribution is 2.28. The van der Waals surface area contributed by atoms with Gasteiger partial charge in [0.25, 0.3) is 0 Å². The van der Waals surface area contributed by atoms with Gasteiger partial charge in [0.2, 0.25) is 10.0 Å². The molecule has 1 aromatic rings. The summed E-state index contributed by atoms with van der Waals surface area (Å²) in [7, 11) is -3.71. The fourth-order valence-electron chi connectivity index (χ4n) is 1.35. The largest absolute Gasteiger partial charge is 0.492 e. The van der Waals surface area contributed by atoms with Gasteiger partial charge in [-0.15, -0.1) is 0 Å². The van der Waals surface area contributed by atoms with E-state index in [1.807, 2.05) is 6.92 Å². The maximum Gasteiger partial charge on any atom is 0.304 e. The van der Waals surface area contributed by atoms with Gasteiger partial charge in [-0.3, -0.25) is 9.52 Å². The van der Waals surface area contributed by atoms with Gasteiger partial charge in [-0.1, -0.05) is 18.5 Å². The first-order chi connectivity index (χ1) is 9.34. The number of ether oxygens (including phenoxy) is 1. The van der Waals surface area contributed by atoms with E-state index in [0.29, 0.717) is 12.4 Å². The predicted octanol–water partition coefficient (Wildman–Crippen LogP) is 2.35. The number of anilines is 1. The normalized spacial score (nSPS) is 11.1. The van der Waals surface area contributed by atoms with Crippen LogP contribution in [0.3, 0.4) is 0 Å². The molecule has 0 amide bonds. The number of hydrogen-bond donors (Lipinski definition) is 2. The molecule has 0 saturated carbocycles. The minimum atomic E-state index is -3.71. The van der Waals surface area contributed by atoms with E-state index in [1.165, 1.54) is 12.1 Å². The van der Waals surface area contributed by atoms with Gasteiger partial charge in [0.15, 0.2) is 0 Å². The van der Waals surface area contributed by atoms with Gasteiger partial charge >= 0.3 is 5.97 Å². The maximum atomic E-state index is 11.6. The predicted molar refractivity (Wildman–Crippen MR) is 76.9 cm³/mol. The first-order valence-corrected chi connectivity index (χ1v) is 8.01. The first kappa shape index (κ1) is 16.6. The number of rotatable bonds is 8. The number of nitrogens with one attached hydrogen (secondary N) is 1. The van der Waals surface area contributed by atoms with Gasteiger partial charge in [0.1, 0.15) is 5.75 Å². The highest BCUT2D eigenvalue weighted by atomic mass is 35.5. The molecule has 0 aromatic heterocycles. The van der Waals surface area contributed by atoms with Gasteiger partial charge in [0.05, 0.1) is 29.5 Å². The molecular weight excluding hydrogens is 306 g/mol. The second-order valence-corrected chi connectivity index (χ2v) is 6.31. The summed E-state index contributed by atoms with van der Waals surface area (Å²) in [4.78, 5) is 10.4. The van der Waals surface area contributed by atoms with Crippen molar-refractivity contribution in [3.8, 4) is 5.75 Å². The van der Waals surface area contributed by atoms with Crippen LogP contribution in [0.2, 0.25) is 5.02 Å². The van der Waals surface area contributed by atoms with Gasteiger partial charge < -0.3 is 9.84 Å². The Hall–Kier alpha value is -1.47. The molecule has 1 rings (SSSR count). The number of aliphatic carboxylic acids is 1. The van der Waals surface area contributed by atoms with E-state index in [1.54, 1.807) is 6.07 Å². The van der Waals surface area contributed by atoms with Gasteiger partial charge in [-0.2, -0.15) is 0 Å². The van der Waals surface area contributed by atoms with E-state index in [4.69, 9.17) is 21.4 Å². The summed E-state index contributed by atoms with van der Waals surface area (Å²) in [6.07, 6.45) is 0.376. The van der Waals surface area contributed by atoms with E-state index < -0.39 is 28.2 Å². The summed E-state index contributed by atoms with van der Waals surface area (Å²) in [5, 5.41) is 8.76. The van der Waals surface area contributed by atoms with Crippen LogP contribution >= 0.6 is 11.6 Å². The fourth-order valence-corrected chi connectivity index (χ4v) is 2.61. The van der Waals surface area contributed by atoms with Crippen molar-refractivity contribution in [2.45, 2.75) is 19.8 Å². The molecule has 0 aliphatic heterocycles. The van der Waals surface area contributed by atoms with Crippen LogP contribution < -0.4 is 9.46 Å². The second kappa shape index (κ2) is 7.35. The van der Waals surface area contributed by atoms with Gasteiger partial charge in [-0.05, 0) is 24.6 Å². The number of carboxylic acids is 1. The lowest BCUT2D eigenvalue weighted by molar-refractivity contribution is -0.136. The molecule has 0 bridgehead atoms. The summed E-state index contributed by atoms with van der Waals surface area (Å²) in [5.41, 5.74) is 0.268. The number of hydrogen-bond acceptors (Lipinski definition) is 4. The van der Waals surface area contributed by atoms with Crippen molar-refractivity contribution < 1.29 is 23.1 Å². The molecule has 0 fully saturated rings. The summed E-state index contributed by atoms with van der Waals surface area (Å²) < 4.78 is 30.9. The molecule has 0 aliphatic rings. The average Bonchev–Trinajstić information content (AvgIpc) is 2.35. The summed E-state index contributed by atoms with van der Waals surface area (Å²) in [6, 6.07) is 4.49. The Kier molecular flexibility index (Phi) is 6.09. The van der Waals surface area contributed by atoms with Crippen LogP contribution in [-0.2, 0) is 14.8 Å². The number of carbonyl (C=O) groups is 1. The van der Waals surface area contributed by atoms with Crippen LogP contribution in [-0.4, -0.2) is 31.9 Å². The van der Waals surface area contributed by atoms with E-state index in [-0.39, 0.29) is 10.7 Å². The van der Waals surface area contributed by atoms with Crippen LogP contribution in [0.25, 0.3) is 0 Å². The maximum absolute atomic E-state index is 11.6. The summed E-state index contributed by atoms with van der Waals surface area (Å²) >= 11 is 5.97. The molecule has 0 spiro atoms. The molecule has 2 N–H and O–H groups in total. The monoisotopic (exact) mass is 321 g/mol. The summed E-state index contributed by atoms with van der Waals surface area (Å²) in [6.45, 7) is 2.47. The minimum absolute atomic E-state index is 0.268. The third-order valence-electron chi connectivity index (χ3n) is 2.25. The zero-order valence-corrected chi connectivity index (χ0v) is 12.5. The number of benzene rings is 1. The minimum Gasteiger partial charge on any atom is -0.492 e. The topological polar surface area (TPSA) is 92.7 Å². The SMILES string of the molecule is CCCOc1ccc(NS(=O)(=O)CCC(=O)O)cc1Cl. The van der Waals surface area contributed by atoms with Crippen molar-refractivity contribution in [3.63, 3.8) is 0 Å². The highest BCUT2D eigenvalue weighted by molar-refractivity contribution is 7.92. The second-order valence-electron chi connectivity index (χ2n) is 4.06. The van der Waals surface area contributed by atoms with E-state index in [2.05, 4.69) is 4.72 Å². The lowest BCUT2D eigenvalue weighted by Crippen LogP contribution is -2.18. The smallest absolute Gasteiger partial charge is 0.304 e. The molecule has 20 heavy (non-hydrogen) atoms. The Labute approximate surface area is 122 Å². The molecule has 8 heteroatoms. The molecule has 1 aromatic carbocycles. The van der Waals surface area contributed by atoms with Crippen molar-refractivity contribution in [1.82, 2.24) is 0 Å². The van der Waals surface area contributed by atoms with E-state index in [9.17, 15) is 13.2 Å². The molecule has 0 unspecified atom stereocenters. The average molecular weight is 322 g/mol. The zero-order valence-electron chi connectivity index (χ0n) is 10.9. The Morgan fingerprint density at radius 2 is 2.15 bits per heavy atom. The lowest BCUT2D eigenvalue weighted by atomic mass is 10.3.